The number of rotatable bonds is 3. The third kappa shape index (κ3) is 2.43. The molecule has 1 aromatic rings. The summed E-state index contributed by atoms with van der Waals surface area (Å²) < 4.78 is 14.0. The predicted octanol–water partition coefficient (Wildman–Crippen LogP) is 3.12. The average Bonchev–Trinajstić information content (AvgIpc) is 2.99. The van der Waals surface area contributed by atoms with Gasteiger partial charge in [-0.3, -0.25) is 4.79 Å². The van der Waals surface area contributed by atoms with Crippen LogP contribution in [0.3, 0.4) is 0 Å². The number of amides is 1. The zero-order valence-electron chi connectivity index (χ0n) is 8.97. The summed E-state index contributed by atoms with van der Waals surface area (Å²) in [5, 5.41) is 2.83. The fraction of sp³-hybridized carbons (Fsp3) is 0.417. The van der Waals surface area contributed by atoms with E-state index in [1.807, 2.05) is 6.92 Å². The number of benzene rings is 1. The quantitative estimate of drug-likeness (QED) is 0.908. The van der Waals surface area contributed by atoms with E-state index in [1.165, 1.54) is 6.07 Å². The van der Waals surface area contributed by atoms with Crippen LogP contribution in [0.4, 0.5) is 4.39 Å². The summed E-state index contributed by atoms with van der Waals surface area (Å²) in [6, 6.07) is 4.65. The molecule has 4 heteroatoms. The van der Waals surface area contributed by atoms with Crippen LogP contribution < -0.4 is 5.32 Å². The zero-order valence-corrected chi connectivity index (χ0v) is 10.6. The van der Waals surface area contributed by atoms with Crippen LogP contribution in [0.25, 0.3) is 0 Å². The van der Waals surface area contributed by atoms with E-state index < -0.39 is 5.82 Å². The molecular formula is C12H13BrFNO. The van der Waals surface area contributed by atoms with E-state index in [1.54, 1.807) is 12.1 Å². The Morgan fingerprint density at radius 2 is 2.25 bits per heavy atom. The van der Waals surface area contributed by atoms with E-state index in [0.717, 1.165) is 12.8 Å². The Morgan fingerprint density at radius 3 is 2.81 bits per heavy atom. The normalized spacial score (nSPS) is 16.9. The molecule has 0 spiro atoms. The molecule has 1 saturated carbocycles. The molecule has 86 valence electrons. The SMILES string of the molecule is CC(NC(=O)c1c(F)cccc1Br)C1CC1. The van der Waals surface area contributed by atoms with Crippen LogP contribution in [0.2, 0.25) is 0 Å². The minimum Gasteiger partial charge on any atom is -0.349 e. The Bertz CT molecular complexity index is 397. The van der Waals surface area contributed by atoms with Crippen LogP contribution in [-0.4, -0.2) is 11.9 Å². The molecule has 0 aliphatic heterocycles. The number of carbonyl (C=O) groups excluding carboxylic acids is 1. The van der Waals surface area contributed by atoms with Gasteiger partial charge in [0, 0.05) is 10.5 Å². The molecule has 1 fully saturated rings. The first-order chi connectivity index (χ1) is 7.59. The van der Waals surface area contributed by atoms with Crippen molar-refractivity contribution < 1.29 is 9.18 Å². The Hall–Kier alpha value is -0.900. The highest BCUT2D eigenvalue weighted by atomic mass is 79.9. The Morgan fingerprint density at radius 1 is 1.56 bits per heavy atom. The molecule has 2 rings (SSSR count). The van der Waals surface area contributed by atoms with Gasteiger partial charge >= 0.3 is 0 Å². The standard InChI is InChI=1S/C12H13BrFNO/c1-7(8-5-6-8)15-12(16)11-9(13)3-2-4-10(11)14/h2-4,7-8H,5-6H2,1H3,(H,15,16). The summed E-state index contributed by atoms with van der Waals surface area (Å²) in [6.45, 7) is 1.96. The molecule has 1 aliphatic carbocycles. The third-order valence-corrected chi connectivity index (χ3v) is 3.54. The van der Waals surface area contributed by atoms with Gasteiger partial charge in [-0.2, -0.15) is 0 Å². The summed E-state index contributed by atoms with van der Waals surface area (Å²) in [4.78, 5) is 11.8. The first-order valence-electron chi connectivity index (χ1n) is 5.34. The van der Waals surface area contributed by atoms with E-state index >= 15 is 0 Å². The summed E-state index contributed by atoms with van der Waals surface area (Å²) in [5.41, 5.74) is 0.0926. The minimum atomic E-state index is -0.491. The zero-order chi connectivity index (χ0) is 11.7. The van der Waals surface area contributed by atoms with Crippen molar-refractivity contribution in [1.82, 2.24) is 5.32 Å². The van der Waals surface area contributed by atoms with Gasteiger partial charge in [-0.25, -0.2) is 4.39 Å². The van der Waals surface area contributed by atoms with Crippen molar-refractivity contribution in [2.24, 2.45) is 5.92 Å². The van der Waals surface area contributed by atoms with Gasteiger partial charge in [-0.1, -0.05) is 6.07 Å². The highest BCUT2D eigenvalue weighted by Crippen LogP contribution is 2.32. The van der Waals surface area contributed by atoms with Gasteiger partial charge in [0.25, 0.3) is 5.91 Å². The van der Waals surface area contributed by atoms with Crippen molar-refractivity contribution in [2.75, 3.05) is 0 Å². The second-order valence-electron chi connectivity index (χ2n) is 4.20. The van der Waals surface area contributed by atoms with Crippen molar-refractivity contribution in [3.05, 3.63) is 34.1 Å². The second kappa shape index (κ2) is 4.53. The van der Waals surface area contributed by atoms with Crippen LogP contribution >= 0.6 is 15.9 Å². The predicted molar refractivity (Wildman–Crippen MR) is 63.8 cm³/mol. The lowest BCUT2D eigenvalue weighted by atomic mass is 10.1. The van der Waals surface area contributed by atoms with Gasteiger partial charge in [0.15, 0.2) is 0 Å². The number of carbonyl (C=O) groups is 1. The van der Waals surface area contributed by atoms with Gasteiger partial charge in [0.2, 0.25) is 0 Å². The number of halogens is 2. The maximum Gasteiger partial charge on any atom is 0.255 e. The van der Waals surface area contributed by atoms with Gasteiger partial charge in [-0.05, 0) is 53.7 Å². The highest BCUT2D eigenvalue weighted by molar-refractivity contribution is 9.10. The smallest absolute Gasteiger partial charge is 0.255 e. The lowest BCUT2D eigenvalue weighted by Crippen LogP contribution is -2.34. The molecule has 1 N–H and O–H groups in total. The molecule has 0 radical (unpaired) electrons. The molecule has 1 unspecified atom stereocenters. The average molecular weight is 286 g/mol. The molecule has 2 nitrogen and oxygen atoms in total. The van der Waals surface area contributed by atoms with E-state index in [-0.39, 0.29) is 17.5 Å². The summed E-state index contributed by atoms with van der Waals surface area (Å²) >= 11 is 3.19. The highest BCUT2D eigenvalue weighted by Gasteiger charge is 2.29. The molecule has 0 aromatic heterocycles. The first kappa shape index (κ1) is 11.6. The minimum absolute atomic E-state index is 0.0926. The fourth-order valence-electron chi connectivity index (χ4n) is 1.71. The molecule has 0 saturated heterocycles. The van der Waals surface area contributed by atoms with Crippen LogP contribution in [0, 0.1) is 11.7 Å². The second-order valence-corrected chi connectivity index (χ2v) is 5.05. The van der Waals surface area contributed by atoms with Crippen molar-refractivity contribution >= 4 is 21.8 Å². The molecule has 1 atom stereocenters. The lowest BCUT2D eigenvalue weighted by Gasteiger charge is -2.13. The van der Waals surface area contributed by atoms with Gasteiger partial charge < -0.3 is 5.32 Å². The third-order valence-electron chi connectivity index (χ3n) is 2.88. The van der Waals surface area contributed by atoms with Crippen molar-refractivity contribution in [3.8, 4) is 0 Å². The largest absolute Gasteiger partial charge is 0.349 e. The Labute approximate surface area is 102 Å². The Balaban J connectivity index is 2.13. The lowest BCUT2D eigenvalue weighted by molar-refractivity contribution is 0.0931. The van der Waals surface area contributed by atoms with Crippen LogP contribution in [0.15, 0.2) is 22.7 Å². The fourth-order valence-corrected chi connectivity index (χ4v) is 2.23. The van der Waals surface area contributed by atoms with Crippen LogP contribution in [0.1, 0.15) is 30.1 Å². The van der Waals surface area contributed by atoms with E-state index in [2.05, 4.69) is 21.2 Å². The monoisotopic (exact) mass is 285 g/mol. The van der Waals surface area contributed by atoms with Crippen molar-refractivity contribution in [2.45, 2.75) is 25.8 Å². The topological polar surface area (TPSA) is 29.1 Å². The van der Waals surface area contributed by atoms with E-state index in [0.29, 0.717) is 10.4 Å². The van der Waals surface area contributed by atoms with Gasteiger partial charge in [0.1, 0.15) is 5.82 Å². The maximum absolute atomic E-state index is 13.5. The molecule has 16 heavy (non-hydrogen) atoms. The molecular weight excluding hydrogens is 273 g/mol. The van der Waals surface area contributed by atoms with E-state index in [4.69, 9.17) is 0 Å². The van der Waals surface area contributed by atoms with E-state index in [9.17, 15) is 9.18 Å². The van der Waals surface area contributed by atoms with Crippen LogP contribution in [-0.2, 0) is 0 Å². The molecule has 0 heterocycles. The van der Waals surface area contributed by atoms with Crippen molar-refractivity contribution in [3.63, 3.8) is 0 Å². The van der Waals surface area contributed by atoms with Crippen molar-refractivity contribution in [1.29, 1.82) is 0 Å². The summed E-state index contributed by atoms with van der Waals surface area (Å²) in [5.74, 6) is -0.270. The molecule has 1 amide bonds. The summed E-state index contributed by atoms with van der Waals surface area (Å²) in [6.07, 6.45) is 2.31. The Kier molecular flexibility index (Phi) is 3.28. The maximum atomic E-state index is 13.5. The number of hydrogen-bond acceptors (Lipinski definition) is 1. The summed E-state index contributed by atoms with van der Waals surface area (Å²) in [7, 11) is 0. The number of nitrogens with one attached hydrogen (secondary N) is 1. The first-order valence-corrected chi connectivity index (χ1v) is 6.13. The molecule has 0 bridgehead atoms. The van der Waals surface area contributed by atoms with Crippen LogP contribution in [0.5, 0.6) is 0 Å². The number of hydrogen-bond donors (Lipinski definition) is 1. The van der Waals surface area contributed by atoms with Gasteiger partial charge in [0.05, 0.1) is 5.56 Å². The molecule has 1 aliphatic rings. The van der Waals surface area contributed by atoms with Gasteiger partial charge in [-0.15, -0.1) is 0 Å². The molecule has 1 aromatic carbocycles.